The van der Waals surface area contributed by atoms with Crippen LogP contribution in [0.15, 0.2) is 24.3 Å². The van der Waals surface area contributed by atoms with Crippen molar-refractivity contribution in [3.8, 4) is 5.75 Å². The molecule has 0 fully saturated rings. The zero-order valence-corrected chi connectivity index (χ0v) is 14.0. The van der Waals surface area contributed by atoms with E-state index >= 15 is 0 Å². The number of esters is 1. The second-order valence-electron chi connectivity index (χ2n) is 5.84. The highest BCUT2D eigenvalue weighted by atomic mass is 16.5. The van der Waals surface area contributed by atoms with Gasteiger partial charge in [0.25, 0.3) is 0 Å². The van der Waals surface area contributed by atoms with Crippen molar-refractivity contribution in [3.05, 3.63) is 29.8 Å². The highest BCUT2D eigenvalue weighted by molar-refractivity contribution is 5.90. The molecule has 0 heterocycles. The van der Waals surface area contributed by atoms with E-state index in [9.17, 15) is 14.7 Å². The Morgan fingerprint density at radius 1 is 0.913 bits per heavy atom. The van der Waals surface area contributed by atoms with E-state index < -0.39 is 5.97 Å². The highest BCUT2D eigenvalue weighted by Crippen LogP contribution is 2.18. The van der Waals surface area contributed by atoms with Crippen molar-refractivity contribution in [2.24, 2.45) is 0 Å². The lowest BCUT2D eigenvalue weighted by Crippen LogP contribution is -2.23. The van der Waals surface area contributed by atoms with E-state index in [0.717, 1.165) is 19.3 Å². The second kappa shape index (κ2) is 11.7. The van der Waals surface area contributed by atoms with Crippen molar-refractivity contribution < 1.29 is 19.4 Å². The molecule has 0 spiro atoms. The third-order valence-corrected chi connectivity index (χ3v) is 3.82. The van der Waals surface area contributed by atoms with Gasteiger partial charge in [0.05, 0.1) is 5.97 Å². The number of carboxylic acid groups (broad SMARTS) is 1. The van der Waals surface area contributed by atoms with Gasteiger partial charge in [0.1, 0.15) is 5.75 Å². The van der Waals surface area contributed by atoms with Crippen LogP contribution < -0.4 is 9.84 Å². The molecule has 0 saturated carbocycles. The average molecular weight is 319 g/mol. The molecule has 0 N–H and O–H groups in total. The Labute approximate surface area is 138 Å². The minimum absolute atomic E-state index is 0.0634. The van der Waals surface area contributed by atoms with Crippen molar-refractivity contribution in [2.75, 3.05) is 0 Å². The molecule has 1 aromatic carbocycles. The largest absolute Gasteiger partial charge is 0.545 e. The predicted octanol–water partition coefficient (Wildman–Crippen LogP) is 3.88. The van der Waals surface area contributed by atoms with Crippen LogP contribution in [0.25, 0.3) is 0 Å². The maximum absolute atomic E-state index is 11.8. The Bertz CT molecular complexity index is 482. The molecule has 4 nitrogen and oxygen atoms in total. The second-order valence-corrected chi connectivity index (χ2v) is 5.84. The van der Waals surface area contributed by atoms with Crippen LogP contribution in [0, 0.1) is 0 Å². The first-order valence-corrected chi connectivity index (χ1v) is 8.66. The Morgan fingerprint density at radius 2 is 1.48 bits per heavy atom. The third-order valence-electron chi connectivity index (χ3n) is 3.82. The summed E-state index contributed by atoms with van der Waals surface area (Å²) in [5, 5.41) is 10.9. The fraction of sp³-hybridized carbons (Fsp3) is 0.579. The summed E-state index contributed by atoms with van der Waals surface area (Å²) in [6.45, 7) is 2.21. The molecule has 0 amide bonds. The summed E-state index contributed by atoms with van der Waals surface area (Å²) in [7, 11) is 0. The van der Waals surface area contributed by atoms with Crippen molar-refractivity contribution in [3.63, 3.8) is 0 Å². The van der Waals surface area contributed by atoms with Crippen molar-refractivity contribution in [2.45, 2.75) is 71.1 Å². The number of rotatable bonds is 12. The van der Waals surface area contributed by atoms with Crippen LogP contribution in [-0.2, 0) is 4.79 Å². The smallest absolute Gasteiger partial charge is 0.311 e. The zero-order valence-electron chi connectivity index (χ0n) is 14.0. The topological polar surface area (TPSA) is 66.4 Å². The van der Waals surface area contributed by atoms with Crippen molar-refractivity contribution in [1.29, 1.82) is 0 Å². The van der Waals surface area contributed by atoms with Crippen LogP contribution in [0.5, 0.6) is 5.75 Å². The molecule has 0 aliphatic rings. The molecule has 0 bridgehead atoms. The molecule has 0 saturated heterocycles. The molecular formula is C19H27O4-. The quantitative estimate of drug-likeness (QED) is 0.333. The van der Waals surface area contributed by atoms with Crippen LogP contribution in [-0.4, -0.2) is 11.9 Å². The molecule has 0 aliphatic carbocycles. The fourth-order valence-corrected chi connectivity index (χ4v) is 2.48. The van der Waals surface area contributed by atoms with Gasteiger partial charge in [0.15, 0.2) is 0 Å². The predicted molar refractivity (Wildman–Crippen MR) is 88.3 cm³/mol. The van der Waals surface area contributed by atoms with Gasteiger partial charge < -0.3 is 14.6 Å². The lowest BCUT2D eigenvalue weighted by atomic mass is 10.1. The minimum atomic E-state index is -1.34. The van der Waals surface area contributed by atoms with Gasteiger partial charge in [-0.05, 0) is 18.6 Å². The monoisotopic (exact) mass is 319 g/mol. The minimum Gasteiger partial charge on any atom is -0.545 e. The average Bonchev–Trinajstić information content (AvgIpc) is 2.53. The summed E-state index contributed by atoms with van der Waals surface area (Å²) in [6.07, 6.45) is 10.9. The van der Waals surface area contributed by atoms with Gasteiger partial charge in [0.2, 0.25) is 0 Å². The first kappa shape index (κ1) is 19.2. The first-order valence-electron chi connectivity index (χ1n) is 8.66. The molecule has 0 aliphatic heterocycles. The van der Waals surface area contributed by atoms with Crippen molar-refractivity contribution >= 4 is 11.9 Å². The van der Waals surface area contributed by atoms with Gasteiger partial charge in [-0.2, -0.15) is 0 Å². The molecule has 0 radical (unpaired) electrons. The summed E-state index contributed by atoms with van der Waals surface area (Å²) in [6, 6.07) is 6.05. The maximum atomic E-state index is 11.8. The van der Waals surface area contributed by atoms with Gasteiger partial charge in [-0.25, -0.2) is 0 Å². The number of carbonyl (C=O) groups excluding carboxylic acids is 2. The number of unbranched alkanes of at least 4 members (excludes halogenated alkanes) is 8. The Balaban J connectivity index is 2.15. The van der Waals surface area contributed by atoms with E-state index in [2.05, 4.69) is 6.92 Å². The van der Waals surface area contributed by atoms with Crippen LogP contribution in [0.1, 0.15) is 81.5 Å². The summed E-state index contributed by atoms with van der Waals surface area (Å²) in [5.74, 6) is -1.66. The molecule has 0 aromatic heterocycles. The molecule has 0 unspecified atom stereocenters. The number of aromatic carboxylic acids is 1. The number of hydrogen-bond acceptors (Lipinski definition) is 4. The number of benzene rings is 1. The molecule has 128 valence electrons. The Hall–Kier alpha value is -1.84. The van der Waals surface area contributed by atoms with Gasteiger partial charge in [-0.1, -0.05) is 70.4 Å². The Kier molecular flexibility index (Phi) is 9.76. The lowest BCUT2D eigenvalue weighted by Gasteiger charge is -2.10. The van der Waals surface area contributed by atoms with Crippen LogP contribution in [0.3, 0.4) is 0 Å². The maximum Gasteiger partial charge on any atom is 0.311 e. The summed E-state index contributed by atoms with van der Waals surface area (Å²) in [4.78, 5) is 22.7. The molecule has 1 rings (SSSR count). The Morgan fingerprint density at radius 3 is 2.09 bits per heavy atom. The van der Waals surface area contributed by atoms with Crippen molar-refractivity contribution in [1.82, 2.24) is 0 Å². The summed E-state index contributed by atoms with van der Waals surface area (Å²) >= 11 is 0. The molecular weight excluding hydrogens is 292 g/mol. The van der Waals surface area contributed by atoms with Crippen LogP contribution >= 0.6 is 0 Å². The number of hydrogen-bond donors (Lipinski definition) is 0. The number of carbonyl (C=O) groups is 2. The van der Waals surface area contributed by atoms with E-state index in [4.69, 9.17) is 4.74 Å². The number of para-hydroxylation sites is 1. The molecule has 4 heteroatoms. The molecule has 0 atom stereocenters. The molecule has 1 aromatic rings. The van der Waals surface area contributed by atoms with Gasteiger partial charge in [-0.3, -0.25) is 4.79 Å². The standard InChI is InChI=1S/C19H28O4/c1-2-3-4-5-6-7-8-9-10-15-18(20)23-17-14-12-11-13-16(17)19(21)22/h11-14H,2-10,15H2,1H3,(H,21,22)/p-1. The number of ether oxygens (including phenoxy) is 1. The van der Waals surface area contributed by atoms with Crippen LogP contribution in [0.2, 0.25) is 0 Å². The number of carboxylic acids is 1. The zero-order chi connectivity index (χ0) is 16.9. The lowest BCUT2D eigenvalue weighted by molar-refractivity contribution is -0.255. The van der Waals surface area contributed by atoms with Crippen LogP contribution in [0.4, 0.5) is 0 Å². The van der Waals surface area contributed by atoms with Gasteiger partial charge in [0, 0.05) is 12.0 Å². The third kappa shape index (κ3) is 8.38. The SMILES string of the molecule is CCCCCCCCCCCC(=O)Oc1ccccc1C(=O)[O-]. The highest BCUT2D eigenvalue weighted by Gasteiger charge is 2.09. The van der Waals surface area contributed by atoms with Gasteiger partial charge in [-0.15, -0.1) is 0 Å². The van der Waals surface area contributed by atoms with E-state index in [1.807, 2.05) is 0 Å². The molecule has 23 heavy (non-hydrogen) atoms. The summed E-state index contributed by atoms with van der Waals surface area (Å²) in [5.41, 5.74) is -0.0899. The van der Waals surface area contributed by atoms with E-state index in [-0.39, 0.29) is 17.3 Å². The van der Waals surface area contributed by atoms with E-state index in [0.29, 0.717) is 6.42 Å². The van der Waals surface area contributed by atoms with E-state index in [1.165, 1.54) is 50.7 Å². The fourth-order valence-electron chi connectivity index (χ4n) is 2.48. The normalized spacial score (nSPS) is 10.5. The summed E-state index contributed by atoms with van der Waals surface area (Å²) < 4.78 is 5.12. The van der Waals surface area contributed by atoms with Gasteiger partial charge >= 0.3 is 5.97 Å². The first-order chi connectivity index (χ1) is 11.1. The van der Waals surface area contributed by atoms with E-state index in [1.54, 1.807) is 12.1 Å².